The highest BCUT2D eigenvalue weighted by atomic mass is 32.2. The van der Waals surface area contributed by atoms with Crippen LogP contribution in [-0.4, -0.2) is 34.6 Å². The molecule has 1 heterocycles. The summed E-state index contributed by atoms with van der Waals surface area (Å²) >= 11 is 1.21. The Morgan fingerprint density at radius 3 is 2.07 bits per heavy atom. The summed E-state index contributed by atoms with van der Waals surface area (Å²) in [5.41, 5.74) is 2.57. The quantitative estimate of drug-likeness (QED) is 0.467. The van der Waals surface area contributed by atoms with Crippen molar-refractivity contribution in [2.45, 2.75) is 18.1 Å². The number of nitrogens with zero attached hydrogens (tertiary/aromatic N) is 4. The van der Waals surface area contributed by atoms with E-state index in [0.717, 1.165) is 16.8 Å². The van der Waals surface area contributed by atoms with Crippen LogP contribution in [-0.2, 0) is 4.79 Å². The van der Waals surface area contributed by atoms with Crippen LogP contribution in [0.5, 0.6) is 0 Å². The predicted molar refractivity (Wildman–Crippen MR) is 115 cm³/mol. The number of carbonyl (C=O) groups excluding carboxylic acids is 1. The van der Waals surface area contributed by atoms with E-state index in [1.165, 1.54) is 11.8 Å². The largest absolute Gasteiger partial charge is 0.431 e. The van der Waals surface area contributed by atoms with Gasteiger partial charge in [0.15, 0.2) is 5.76 Å². The van der Waals surface area contributed by atoms with E-state index in [-0.39, 0.29) is 24.5 Å². The Morgan fingerprint density at radius 1 is 0.933 bits per heavy atom. The van der Waals surface area contributed by atoms with Crippen molar-refractivity contribution in [3.63, 3.8) is 0 Å². The average Bonchev–Trinajstić information content (AvgIpc) is 3.23. The first-order valence-corrected chi connectivity index (χ1v) is 10.5. The van der Waals surface area contributed by atoms with Crippen LogP contribution in [0.15, 0.2) is 70.3 Å². The van der Waals surface area contributed by atoms with Gasteiger partial charge in [0.05, 0.1) is 30.7 Å². The minimum absolute atomic E-state index is 0.125. The van der Waals surface area contributed by atoms with Gasteiger partial charge < -0.3 is 9.32 Å². The lowest BCUT2D eigenvalue weighted by molar-refractivity contribution is -0.128. The molecule has 0 aliphatic carbocycles. The zero-order valence-corrected chi connectivity index (χ0v) is 17.1. The summed E-state index contributed by atoms with van der Waals surface area (Å²) in [5.74, 6) is 0.633. The number of hydrogen-bond acceptors (Lipinski definition) is 6. The van der Waals surface area contributed by atoms with Crippen molar-refractivity contribution in [2.75, 3.05) is 18.8 Å². The Hall–Kier alpha value is -3.55. The van der Waals surface area contributed by atoms with E-state index >= 15 is 0 Å². The third-order valence-corrected chi connectivity index (χ3v) is 5.16. The molecule has 3 aromatic rings. The Kier molecular flexibility index (Phi) is 7.65. The van der Waals surface area contributed by atoms with Crippen LogP contribution < -0.4 is 0 Å². The van der Waals surface area contributed by atoms with E-state index in [1.54, 1.807) is 4.90 Å². The standard InChI is InChI=1S/C23H20N4O2S/c24-13-7-15-27(16-8-14-25)20(28)17-30-23-26-21(18-9-3-1-4-10-18)22(29-23)19-11-5-2-6-12-19/h1-6,9-12H,7-8,15-17H2. The number of aromatic nitrogens is 1. The molecular formula is C23H20N4O2S. The van der Waals surface area contributed by atoms with Gasteiger partial charge in [0.25, 0.3) is 5.22 Å². The summed E-state index contributed by atoms with van der Waals surface area (Å²) in [7, 11) is 0. The van der Waals surface area contributed by atoms with Gasteiger partial charge in [-0.1, -0.05) is 72.4 Å². The van der Waals surface area contributed by atoms with E-state index in [4.69, 9.17) is 14.9 Å². The van der Waals surface area contributed by atoms with Gasteiger partial charge in [-0.2, -0.15) is 10.5 Å². The van der Waals surface area contributed by atoms with Crippen molar-refractivity contribution >= 4 is 17.7 Å². The first-order chi connectivity index (χ1) is 14.7. The molecule has 3 rings (SSSR count). The monoisotopic (exact) mass is 416 g/mol. The highest BCUT2D eigenvalue weighted by Crippen LogP contribution is 2.35. The molecule has 150 valence electrons. The second kappa shape index (κ2) is 10.8. The van der Waals surface area contributed by atoms with E-state index in [1.807, 2.05) is 72.8 Å². The fourth-order valence-electron chi connectivity index (χ4n) is 2.88. The van der Waals surface area contributed by atoms with Gasteiger partial charge in [0.1, 0.15) is 5.69 Å². The van der Waals surface area contributed by atoms with Gasteiger partial charge in [-0.05, 0) is 0 Å². The molecule has 0 saturated heterocycles. The molecule has 0 fully saturated rings. The van der Waals surface area contributed by atoms with E-state index in [0.29, 0.717) is 24.1 Å². The highest BCUT2D eigenvalue weighted by Gasteiger charge is 2.19. The maximum absolute atomic E-state index is 12.6. The summed E-state index contributed by atoms with van der Waals surface area (Å²) < 4.78 is 6.02. The van der Waals surface area contributed by atoms with Crippen LogP contribution in [0.4, 0.5) is 0 Å². The molecular weight excluding hydrogens is 396 g/mol. The van der Waals surface area contributed by atoms with E-state index in [9.17, 15) is 4.79 Å². The number of hydrogen-bond donors (Lipinski definition) is 0. The summed E-state index contributed by atoms with van der Waals surface area (Å²) in [6, 6.07) is 23.6. The Bertz CT molecular complexity index is 977. The fraction of sp³-hybridized carbons (Fsp3) is 0.217. The fourth-order valence-corrected chi connectivity index (χ4v) is 3.61. The molecule has 0 N–H and O–H groups in total. The predicted octanol–water partition coefficient (Wildman–Crippen LogP) is 4.76. The minimum Gasteiger partial charge on any atom is -0.431 e. The SMILES string of the molecule is N#CCCN(CCC#N)C(=O)CSc1nc(-c2ccccc2)c(-c2ccccc2)o1. The van der Waals surface area contributed by atoms with Crippen LogP contribution in [0.2, 0.25) is 0 Å². The number of amides is 1. The molecule has 0 aliphatic rings. The Labute approximate surface area is 179 Å². The molecule has 1 amide bonds. The second-order valence-electron chi connectivity index (χ2n) is 6.38. The van der Waals surface area contributed by atoms with Crippen molar-refractivity contribution in [1.29, 1.82) is 10.5 Å². The lowest BCUT2D eigenvalue weighted by Gasteiger charge is -2.19. The van der Waals surface area contributed by atoms with Crippen LogP contribution >= 0.6 is 11.8 Å². The van der Waals surface area contributed by atoms with E-state index < -0.39 is 0 Å². The second-order valence-corrected chi connectivity index (χ2v) is 7.30. The van der Waals surface area contributed by atoms with Gasteiger partial charge in [-0.25, -0.2) is 4.98 Å². The lowest BCUT2D eigenvalue weighted by Crippen LogP contribution is -2.34. The average molecular weight is 417 g/mol. The molecule has 0 saturated carbocycles. The Morgan fingerprint density at radius 2 is 1.50 bits per heavy atom. The van der Waals surface area contributed by atoms with Crippen molar-refractivity contribution in [1.82, 2.24) is 9.88 Å². The maximum Gasteiger partial charge on any atom is 0.257 e. The first-order valence-electron chi connectivity index (χ1n) is 9.49. The third kappa shape index (κ3) is 5.50. The number of thioether (sulfide) groups is 1. The molecule has 0 unspecified atom stereocenters. The van der Waals surface area contributed by atoms with Crippen molar-refractivity contribution < 1.29 is 9.21 Å². The van der Waals surface area contributed by atoms with Gasteiger partial charge in [-0.15, -0.1) is 0 Å². The topological polar surface area (TPSA) is 93.9 Å². The summed E-state index contributed by atoms with van der Waals surface area (Å²) in [6.45, 7) is 0.626. The lowest BCUT2D eigenvalue weighted by atomic mass is 10.1. The van der Waals surface area contributed by atoms with Gasteiger partial charge in [0, 0.05) is 24.2 Å². The normalized spacial score (nSPS) is 10.2. The molecule has 0 atom stereocenters. The molecule has 0 bridgehead atoms. The molecule has 0 radical (unpaired) electrons. The summed E-state index contributed by atoms with van der Waals surface area (Å²) in [4.78, 5) is 18.8. The zero-order chi connectivity index (χ0) is 21.2. The number of benzene rings is 2. The summed E-state index contributed by atoms with van der Waals surface area (Å²) in [6.07, 6.45) is 0.467. The maximum atomic E-state index is 12.6. The molecule has 30 heavy (non-hydrogen) atoms. The van der Waals surface area contributed by atoms with Gasteiger partial charge >= 0.3 is 0 Å². The van der Waals surface area contributed by atoms with Crippen molar-refractivity contribution in [3.8, 4) is 34.7 Å². The molecule has 0 aliphatic heterocycles. The smallest absolute Gasteiger partial charge is 0.257 e. The number of carbonyl (C=O) groups is 1. The molecule has 2 aromatic carbocycles. The number of oxazole rings is 1. The first kappa shape index (κ1) is 21.2. The van der Waals surface area contributed by atoms with Crippen molar-refractivity contribution in [3.05, 3.63) is 60.7 Å². The molecule has 1 aromatic heterocycles. The van der Waals surface area contributed by atoms with Crippen LogP contribution in [0.3, 0.4) is 0 Å². The van der Waals surface area contributed by atoms with Gasteiger partial charge in [-0.3, -0.25) is 4.79 Å². The molecule has 7 heteroatoms. The molecule has 0 spiro atoms. The number of nitriles is 2. The molecule has 6 nitrogen and oxygen atoms in total. The highest BCUT2D eigenvalue weighted by molar-refractivity contribution is 7.99. The minimum atomic E-state index is -0.147. The van der Waals surface area contributed by atoms with E-state index in [2.05, 4.69) is 4.98 Å². The van der Waals surface area contributed by atoms with Crippen LogP contribution in [0.1, 0.15) is 12.8 Å². The zero-order valence-electron chi connectivity index (χ0n) is 16.3. The summed E-state index contributed by atoms with van der Waals surface area (Å²) in [5, 5.41) is 18.0. The number of rotatable bonds is 9. The third-order valence-electron chi connectivity index (χ3n) is 4.35. The Balaban J connectivity index is 1.80. The van der Waals surface area contributed by atoms with Crippen molar-refractivity contribution in [2.24, 2.45) is 0 Å². The van der Waals surface area contributed by atoms with Crippen LogP contribution in [0, 0.1) is 22.7 Å². The van der Waals surface area contributed by atoms with Gasteiger partial charge in [0.2, 0.25) is 5.91 Å². The van der Waals surface area contributed by atoms with Crippen LogP contribution in [0.25, 0.3) is 22.6 Å².